The first-order valence-electron chi connectivity index (χ1n) is 14.1. The van der Waals surface area contributed by atoms with E-state index in [9.17, 15) is 16.8 Å². The maximum absolute atomic E-state index is 14.5. The second kappa shape index (κ2) is 12.2. The third-order valence-electron chi connectivity index (χ3n) is 7.32. The van der Waals surface area contributed by atoms with Crippen LogP contribution in [-0.4, -0.2) is 16.8 Å². The molecule has 0 amide bonds. The molecule has 9 heteroatoms. The second-order valence-electron chi connectivity index (χ2n) is 10.5. The predicted molar refractivity (Wildman–Crippen MR) is 178 cm³/mol. The Bertz CT molecular complexity index is 2140. The smallest absolute Gasteiger partial charge is 0.339 e. The number of aryl methyl sites for hydroxylation is 2. The van der Waals surface area contributed by atoms with E-state index in [-0.39, 0.29) is 20.9 Å². The van der Waals surface area contributed by atoms with Gasteiger partial charge in [0.25, 0.3) is 0 Å². The van der Waals surface area contributed by atoms with Gasteiger partial charge in [0.1, 0.15) is 9.79 Å². The first kappa shape index (κ1) is 30.6. The van der Waals surface area contributed by atoms with Crippen molar-refractivity contribution >= 4 is 41.3 Å². The fraction of sp³-hybridized carbons (Fsp3) is 0.0556. The number of rotatable bonds is 9. The van der Waals surface area contributed by atoms with Gasteiger partial charge in [-0.1, -0.05) is 96.1 Å². The lowest BCUT2D eigenvalue weighted by Gasteiger charge is -2.39. The molecule has 0 N–H and O–H groups in total. The van der Waals surface area contributed by atoms with Crippen LogP contribution in [-0.2, 0) is 23.9 Å². The third kappa shape index (κ3) is 6.00. The number of benzene rings is 6. The summed E-state index contributed by atoms with van der Waals surface area (Å²) < 4.78 is 67.5. The normalized spacial score (nSPS) is 12.6. The Labute approximate surface area is 265 Å². The van der Waals surface area contributed by atoms with Gasteiger partial charge >= 0.3 is 20.2 Å². The molecule has 0 aliphatic rings. The van der Waals surface area contributed by atoms with Gasteiger partial charge in [-0.25, -0.2) is 3.63 Å². The SMILES string of the molecule is Cc1ccc(S(OS(=O)(=O)c2ccc(OS(=O)(=O)c3ccc(C)cc3)c3ccccc23)(c2ccccc2)c2ccccc2)cc1. The van der Waals surface area contributed by atoms with Crippen LogP contribution in [0.4, 0.5) is 0 Å². The van der Waals surface area contributed by atoms with Crippen molar-refractivity contribution in [1.29, 1.82) is 0 Å². The molecule has 228 valence electrons. The van der Waals surface area contributed by atoms with Crippen molar-refractivity contribution in [2.75, 3.05) is 0 Å². The zero-order valence-electron chi connectivity index (χ0n) is 24.5. The molecule has 0 radical (unpaired) electrons. The lowest BCUT2D eigenvalue weighted by molar-refractivity contribution is 0.488. The molecule has 0 aliphatic heterocycles. The molecule has 0 saturated heterocycles. The molecular weight excluding hydrogens is 625 g/mol. The van der Waals surface area contributed by atoms with E-state index in [2.05, 4.69) is 0 Å². The van der Waals surface area contributed by atoms with Crippen molar-refractivity contribution in [3.8, 4) is 5.75 Å². The zero-order valence-corrected chi connectivity index (χ0v) is 27.0. The quantitative estimate of drug-likeness (QED) is 0.145. The van der Waals surface area contributed by atoms with E-state index in [1.165, 1.54) is 24.3 Å². The highest BCUT2D eigenvalue weighted by molar-refractivity contribution is 8.33. The molecule has 6 rings (SSSR count). The Hall–Kier alpha value is -4.41. The fourth-order valence-electron chi connectivity index (χ4n) is 5.06. The summed E-state index contributed by atoms with van der Waals surface area (Å²) in [6, 6.07) is 42.0. The number of hydrogen-bond donors (Lipinski definition) is 0. The maximum Gasteiger partial charge on any atom is 0.339 e. The summed E-state index contributed by atoms with van der Waals surface area (Å²) in [7, 11) is -11.5. The second-order valence-corrected chi connectivity index (χ2v) is 16.4. The summed E-state index contributed by atoms with van der Waals surface area (Å²) in [5.41, 5.74) is 1.93. The summed E-state index contributed by atoms with van der Waals surface area (Å²) in [6.07, 6.45) is 0. The van der Waals surface area contributed by atoms with Crippen LogP contribution in [0.5, 0.6) is 5.75 Å². The summed E-state index contributed by atoms with van der Waals surface area (Å²) in [6.45, 7) is 3.83. The minimum absolute atomic E-state index is 0.00517. The average Bonchev–Trinajstić information content (AvgIpc) is 3.05. The molecule has 0 saturated carbocycles. The molecule has 0 fully saturated rings. The van der Waals surface area contributed by atoms with E-state index in [0.29, 0.717) is 20.1 Å². The van der Waals surface area contributed by atoms with Gasteiger partial charge in [0.2, 0.25) is 0 Å². The largest absolute Gasteiger partial charge is 0.378 e. The molecule has 0 bridgehead atoms. The van der Waals surface area contributed by atoms with Crippen molar-refractivity contribution in [3.63, 3.8) is 0 Å². The van der Waals surface area contributed by atoms with E-state index in [4.69, 9.17) is 7.81 Å². The lowest BCUT2D eigenvalue weighted by Crippen LogP contribution is -2.15. The van der Waals surface area contributed by atoms with Gasteiger partial charge < -0.3 is 4.18 Å². The fourth-order valence-corrected chi connectivity index (χ4v) is 11.4. The Balaban J connectivity index is 1.51. The van der Waals surface area contributed by atoms with Crippen molar-refractivity contribution in [1.82, 2.24) is 0 Å². The van der Waals surface area contributed by atoms with Crippen LogP contribution in [0.1, 0.15) is 11.1 Å². The first-order chi connectivity index (χ1) is 21.6. The van der Waals surface area contributed by atoms with Gasteiger partial charge in [0.05, 0.1) is 0 Å². The molecule has 0 heterocycles. The Morgan fingerprint density at radius 2 is 0.867 bits per heavy atom. The molecule has 0 spiro atoms. The molecule has 0 unspecified atom stereocenters. The highest BCUT2D eigenvalue weighted by Crippen LogP contribution is 2.70. The zero-order chi connectivity index (χ0) is 31.7. The summed E-state index contributed by atoms with van der Waals surface area (Å²) >= 11 is 0. The molecule has 6 aromatic carbocycles. The highest BCUT2D eigenvalue weighted by atomic mass is 32.3. The molecule has 0 atom stereocenters. The maximum atomic E-state index is 14.5. The highest BCUT2D eigenvalue weighted by Gasteiger charge is 2.39. The number of hydrogen-bond acceptors (Lipinski definition) is 6. The molecule has 45 heavy (non-hydrogen) atoms. The van der Waals surface area contributed by atoms with E-state index < -0.39 is 30.5 Å². The van der Waals surface area contributed by atoms with Crippen LogP contribution in [0.3, 0.4) is 0 Å². The van der Waals surface area contributed by atoms with Crippen LogP contribution in [0.25, 0.3) is 10.8 Å². The van der Waals surface area contributed by atoms with Gasteiger partial charge in [-0.3, -0.25) is 0 Å². The molecular formula is C36H30O6S3. The van der Waals surface area contributed by atoms with Gasteiger partial charge in [-0.2, -0.15) is 16.8 Å². The molecule has 6 nitrogen and oxygen atoms in total. The lowest BCUT2D eigenvalue weighted by atomic mass is 10.1. The average molecular weight is 655 g/mol. The topological polar surface area (TPSA) is 86.7 Å². The third-order valence-corrected chi connectivity index (χ3v) is 13.8. The standard InChI is InChI=1S/C36H30O6S3/c1-27-17-21-31(22-18-27)43(29-11-5-3-6-12-29,30-13-7-4-8-14-30)42-45(39,40)36-26-25-35(33-15-9-10-16-34(33)36)41-44(37,38)32-23-19-28(2)20-24-32/h3-26H,1-2H3. The van der Waals surface area contributed by atoms with Gasteiger partial charge in [-0.15, -0.1) is 0 Å². The summed E-state index contributed by atoms with van der Waals surface area (Å²) in [4.78, 5) is 2.01. The van der Waals surface area contributed by atoms with E-state index in [0.717, 1.165) is 11.1 Å². The van der Waals surface area contributed by atoms with Crippen LogP contribution in [0.2, 0.25) is 0 Å². The predicted octanol–water partition coefficient (Wildman–Crippen LogP) is 8.83. The summed E-state index contributed by atoms with van der Waals surface area (Å²) in [5.74, 6) is 0.00777. The van der Waals surface area contributed by atoms with Gasteiger partial charge in [0.15, 0.2) is 5.75 Å². The summed E-state index contributed by atoms with van der Waals surface area (Å²) in [5, 5.41) is 0.584. The molecule has 6 aromatic rings. The van der Waals surface area contributed by atoms with Crippen LogP contribution >= 0.6 is 10.3 Å². The van der Waals surface area contributed by atoms with Gasteiger partial charge in [0, 0.05) is 25.5 Å². The van der Waals surface area contributed by atoms with E-state index in [1.54, 1.807) is 36.4 Å². The van der Waals surface area contributed by atoms with Gasteiger partial charge in [-0.05, 0) is 84.8 Å². The van der Waals surface area contributed by atoms with E-state index in [1.807, 2.05) is 98.8 Å². The van der Waals surface area contributed by atoms with Crippen molar-refractivity contribution < 1.29 is 24.6 Å². The Kier molecular flexibility index (Phi) is 8.28. The van der Waals surface area contributed by atoms with Crippen LogP contribution in [0.15, 0.2) is 170 Å². The Morgan fingerprint density at radius 1 is 0.422 bits per heavy atom. The molecule has 0 aromatic heterocycles. The number of fused-ring (bicyclic) bond motifs is 1. The monoisotopic (exact) mass is 654 g/mol. The Morgan fingerprint density at radius 3 is 1.40 bits per heavy atom. The van der Waals surface area contributed by atoms with Crippen LogP contribution in [0, 0.1) is 13.8 Å². The minimum Gasteiger partial charge on any atom is -0.378 e. The van der Waals surface area contributed by atoms with Crippen molar-refractivity contribution in [2.45, 2.75) is 38.3 Å². The first-order valence-corrected chi connectivity index (χ1v) is 18.5. The minimum atomic E-state index is -4.48. The van der Waals surface area contributed by atoms with Crippen molar-refractivity contribution in [3.05, 3.63) is 157 Å². The van der Waals surface area contributed by atoms with Crippen molar-refractivity contribution in [2.24, 2.45) is 0 Å². The van der Waals surface area contributed by atoms with Crippen LogP contribution < -0.4 is 4.18 Å². The molecule has 0 aliphatic carbocycles. The van der Waals surface area contributed by atoms with E-state index >= 15 is 0 Å².